The second kappa shape index (κ2) is 5.30. The second-order valence-corrected chi connectivity index (χ2v) is 5.68. The summed E-state index contributed by atoms with van der Waals surface area (Å²) in [6, 6.07) is 18.2. The number of rotatable bonds is 3. The maximum atomic E-state index is 13.1. The average molecular weight is 294 g/mol. The molecule has 0 radical (unpaired) electrons. The maximum Gasteiger partial charge on any atom is 0.325 e. The van der Waals surface area contributed by atoms with Gasteiger partial charge in [0.1, 0.15) is 0 Å². The third-order valence-corrected chi connectivity index (χ3v) is 3.98. The van der Waals surface area contributed by atoms with Gasteiger partial charge in [-0.25, -0.2) is 4.79 Å². The molecule has 1 aliphatic rings. The van der Waals surface area contributed by atoms with E-state index in [1.165, 1.54) is 4.90 Å². The van der Waals surface area contributed by atoms with E-state index in [0.29, 0.717) is 0 Å². The van der Waals surface area contributed by atoms with Crippen molar-refractivity contribution in [3.8, 4) is 0 Å². The molecule has 1 fully saturated rings. The molecule has 0 unspecified atom stereocenters. The van der Waals surface area contributed by atoms with E-state index in [1.807, 2.05) is 74.5 Å². The van der Waals surface area contributed by atoms with Gasteiger partial charge >= 0.3 is 6.03 Å². The number of hydrogen-bond donors (Lipinski definition) is 1. The monoisotopic (exact) mass is 294 g/mol. The predicted molar refractivity (Wildman–Crippen MR) is 84.2 cm³/mol. The molecular formula is C18H18N2O2. The summed E-state index contributed by atoms with van der Waals surface area (Å²) in [5, 5.41) is 2.92. The molecule has 2 aromatic carbocycles. The molecule has 4 heteroatoms. The number of nitrogens with one attached hydrogen (secondary N) is 1. The second-order valence-electron chi connectivity index (χ2n) is 5.68. The van der Waals surface area contributed by atoms with Gasteiger partial charge in [0.15, 0.2) is 5.54 Å². The summed E-state index contributed by atoms with van der Waals surface area (Å²) in [6.45, 7) is 3.67. The first-order chi connectivity index (χ1) is 10.6. The lowest BCUT2D eigenvalue weighted by Gasteiger charge is -2.28. The highest BCUT2D eigenvalue weighted by molar-refractivity contribution is 6.09. The minimum Gasteiger partial charge on any atom is -0.315 e. The van der Waals surface area contributed by atoms with Crippen molar-refractivity contribution in [2.45, 2.75) is 25.4 Å². The molecule has 0 atom stereocenters. The van der Waals surface area contributed by atoms with Gasteiger partial charge in [0.05, 0.1) is 0 Å². The number of amides is 3. The fraction of sp³-hybridized carbons (Fsp3) is 0.222. The van der Waals surface area contributed by atoms with Gasteiger partial charge in [-0.2, -0.15) is 0 Å². The maximum absolute atomic E-state index is 13.1. The van der Waals surface area contributed by atoms with Crippen molar-refractivity contribution in [1.29, 1.82) is 0 Å². The molecule has 22 heavy (non-hydrogen) atoms. The van der Waals surface area contributed by atoms with Crippen LogP contribution in [0.4, 0.5) is 4.79 Å². The van der Waals surface area contributed by atoms with Crippen LogP contribution in [0.25, 0.3) is 0 Å². The average Bonchev–Trinajstić information content (AvgIpc) is 2.81. The van der Waals surface area contributed by atoms with Crippen molar-refractivity contribution in [2.24, 2.45) is 0 Å². The van der Waals surface area contributed by atoms with Gasteiger partial charge in [0.25, 0.3) is 5.91 Å². The molecule has 0 bridgehead atoms. The molecule has 0 aliphatic carbocycles. The molecular weight excluding hydrogens is 276 g/mol. The molecule has 1 aliphatic heterocycles. The summed E-state index contributed by atoms with van der Waals surface area (Å²) < 4.78 is 0. The Morgan fingerprint density at radius 3 is 1.68 bits per heavy atom. The highest BCUT2D eigenvalue weighted by atomic mass is 16.2. The Hall–Kier alpha value is -2.62. The van der Waals surface area contributed by atoms with Crippen LogP contribution in [0, 0.1) is 0 Å². The fourth-order valence-corrected chi connectivity index (χ4v) is 2.95. The van der Waals surface area contributed by atoms with E-state index in [4.69, 9.17) is 0 Å². The van der Waals surface area contributed by atoms with E-state index < -0.39 is 5.54 Å². The third kappa shape index (κ3) is 1.99. The Labute approximate surface area is 129 Å². The van der Waals surface area contributed by atoms with Crippen LogP contribution < -0.4 is 5.32 Å². The van der Waals surface area contributed by atoms with Gasteiger partial charge in [-0.05, 0) is 25.0 Å². The zero-order valence-corrected chi connectivity index (χ0v) is 12.6. The molecule has 1 heterocycles. The molecule has 0 saturated carbocycles. The first-order valence-electron chi connectivity index (χ1n) is 7.34. The lowest BCUT2D eigenvalue weighted by molar-refractivity contribution is -0.131. The van der Waals surface area contributed by atoms with Crippen LogP contribution in [0.5, 0.6) is 0 Å². The first kappa shape index (κ1) is 14.3. The molecule has 0 spiro atoms. The van der Waals surface area contributed by atoms with Crippen molar-refractivity contribution in [3.05, 3.63) is 71.8 Å². The minimum absolute atomic E-state index is 0.193. The van der Waals surface area contributed by atoms with E-state index in [1.54, 1.807) is 0 Å². The van der Waals surface area contributed by atoms with Crippen LogP contribution in [0.2, 0.25) is 0 Å². The van der Waals surface area contributed by atoms with Crippen molar-refractivity contribution in [2.75, 3.05) is 0 Å². The quantitative estimate of drug-likeness (QED) is 0.885. The van der Waals surface area contributed by atoms with E-state index in [-0.39, 0.29) is 18.0 Å². The summed E-state index contributed by atoms with van der Waals surface area (Å²) >= 11 is 0. The van der Waals surface area contributed by atoms with Crippen molar-refractivity contribution >= 4 is 11.9 Å². The number of hydrogen-bond acceptors (Lipinski definition) is 2. The molecule has 2 aromatic rings. The van der Waals surface area contributed by atoms with E-state index in [9.17, 15) is 9.59 Å². The summed E-state index contributed by atoms with van der Waals surface area (Å²) in [6.07, 6.45) is 0. The number of nitrogens with zero attached hydrogens (tertiary/aromatic N) is 1. The van der Waals surface area contributed by atoms with Crippen LogP contribution >= 0.6 is 0 Å². The van der Waals surface area contributed by atoms with Crippen molar-refractivity contribution in [1.82, 2.24) is 10.2 Å². The minimum atomic E-state index is -1.15. The largest absolute Gasteiger partial charge is 0.325 e. The van der Waals surface area contributed by atoms with E-state index in [2.05, 4.69) is 5.32 Å². The summed E-state index contributed by atoms with van der Waals surface area (Å²) in [7, 11) is 0. The molecule has 1 saturated heterocycles. The summed E-state index contributed by atoms with van der Waals surface area (Å²) in [5.41, 5.74) is 0.384. The van der Waals surface area contributed by atoms with Gasteiger partial charge in [-0.1, -0.05) is 60.7 Å². The summed E-state index contributed by atoms with van der Waals surface area (Å²) in [5.74, 6) is -0.232. The van der Waals surface area contributed by atoms with Crippen molar-refractivity contribution < 1.29 is 9.59 Å². The SMILES string of the molecule is CC(C)N1C(=O)NC(c2ccccc2)(c2ccccc2)C1=O. The zero-order chi connectivity index (χ0) is 15.7. The highest BCUT2D eigenvalue weighted by Gasteiger charge is 2.54. The molecule has 1 N–H and O–H groups in total. The van der Waals surface area contributed by atoms with Gasteiger partial charge in [-0.3, -0.25) is 9.69 Å². The third-order valence-electron chi connectivity index (χ3n) is 3.98. The van der Waals surface area contributed by atoms with Gasteiger partial charge in [0, 0.05) is 6.04 Å². The van der Waals surface area contributed by atoms with Crippen molar-refractivity contribution in [3.63, 3.8) is 0 Å². The number of imide groups is 1. The first-order valence-corrected chi connectivity index (χ1v) is 7.34. The Bertz CT molecular complexity index is 656. The van der Waals surface area contributed by atoms with Crippen LogP contribution in [-0.2, 0) is 10.3 Å². The molecule has 3 rings (SSSR count). The van der Waals surface area contributed by atoms with Crippen LogP contribution in [0.1, 0.15) is 25.0 Å². The number of carbonyl (C=O) groups excluding carboxylic acids is 2. The molecule has 112 valence electrons. The molecule has 0 aromatic heterocycles. The number of carbonyl (C=O) groups is 2. The Morgan fingerprint density at radius 1 is 0.864 bits per heavy atom. The predicted octanol–water partition coefficient (Wildman–Crippen LogP) is 2.89. The normalized spacial score (nSPS) is 17.0. The topological polar surface area (TPSA) is 49.4 Å². The van der Waals surface area contributed by atoms with Crippen LogP contribution in [-0.4, -0.2) is 22.9 Å². The molecule has 4 nitrogen and oxygen atoms in total. The highest BCUT2D eigenvalue weighted by Crippen LogP contribution is 2.36. The standard InChI is InChI=1S/C18H18N2O2/c1-13(2)20-16(21)18(19-17(20)22,14-9-5-3-6-10-14)15-11-7-4-8-12-15/h3-13H,1-2H3,(H,19,22). The smallest absolute Gasteiger partial charge is 0.315 e. The Morgan fingerprint density at radius 2 is 1.32 bits per heavy atom. The van der Waals surface area contributed by atoms with Crippen LogP contribution in [0.3, 0.4) is 0 Å². The van der Waals surface area contributed by atoms with E-state index in [0.717, 1.165) is 11.1 Å². The van der Waals surface area contributed by atoms with Gasteiger partial charge < -0.3 is 5.32 Å². The lowest BCUT2D eigenvalue weighted by Crippen LogP contribution is -2.45. The summed E-state index contributed by atoms with van der Waals surface area (Å²) in [4.78, 5) is 26.8. The van der Waals surface area contributed by atoms with E-state index >= 15 is 0 Å². The van der Waals surface area contributed by atoms with Gasteiger partial charge in [-0.15, -0.1) is 0 Å². The zero-order valence-electron chi connectivity index (χ0n) is 12.6. The Kier molecular flexibility index (Phi) is 3.45. The van der Waals surface area contributed by atoms with Crippen LogP contribution in [0.15, 0.2) is 60.7 Å². The molecule has 3 amide bonds. The fourth-order valence-electron chi connectivity index (χ4n) is 2.95. The Balaban J connectivity index is 2.23. The number of urea groups is 1. The lowest BCUT2D eigenvalue weighted by atomic mass is 9.82. The number of benzene rings is 2. The van der Waals surface area contributed by atoms with Gasteiger partial charge in [0.2, 0.25) is 0 Å².